The molecule has 0 fully saturated rings. The highest BCUT2D eigenvalue weighted by molar-refractivity contribution is 7.13. The number of hydrogen-bond donors (Lipinski definition) is 0. The summed E-state index contributed by atoms with van der Waals surface area (Å²) < 4.78 is 7.24. The third kappa shape index (κ3) is 2.16. The van der Waals surface area contributed by atoms with Crippen molar-refractivity contribution in [3.63, 3.8) is 0 Å². The predicted octanol–water partition coefficient (Wildman–Crippen LogP) is 4.13. The van der Waals surface area contributed by atoms with Crippen LogP contribution in [-0.4, -0.2) is 21.5 Å². The van der Waals surface area contributed by atoms with Gasteiger partial charge in [0.1, 0.15) is 5.75 Å². The Morgan fingerprint density at radius 3 is 2.73 bits per heavy atom. The minimum Gasteiger partial charge on any atom is -0.497 e. The molecular formula is C17H13N3OS. The summed E-state index contributed by atoms with van der Waals surface area (Å²) in [4.78, 5) is 10.2. The maximum atomic E-state index is 5.22. The van der Waals surface area contributed by atoms with E-state index < -0.39 is 0 Å². The lowest BCUT2D eigenvalue weighted by molar-refractivity contribution is 0.415. The zero-order chi connectivity index (χ0) is 14.9. The minimum absolute atomic E-state index is 0.836. The fourth-order valence-electron chi connectivity index (χ4n) is 2.43. The van der Waals surface area contributed by atoms with Crippen LogP contribution in [0.2, 0.25) is 0 Å². The molecule has 3 heterocycles. The average Bonchev–Trinajstić information content (AvgIpc) is 3.25. The Balaban J connectivity index is 1.93. The molecule has 0 radical (unpaired) electrons. The molecule has 0 saturated carbocycles. The van der Waals surface area contributed by atoms with E-state index in [1.165, 1.54) is 0 Å². The van der Waals surface area contributed by atoms with E-state index in [1.54, 1.807) is 24.8 Å². The number of rotatable bonds is 3. The van der Waals surface area contributed by atoms with Gasteiger partial charge in [0.05, 0.1) is 41.4 Å². The maximum absolute atomic E-state index is 5.22. The van der Waals surface area contributed by atoms with Gasteiger partial charge in [0, 0.05) is 11.8 Å². The number of ether oxygens (including phenoxy) is 1. The summed E-state index contributed by atoms with van der Waals surface area (Å²) in [6.07, 6.45) is 5.66. The highest BCUT2D eigenvalue weighted by Crippen LogP contribution is 2.29. The van der Waals surface area contributed by atoms with Crippen molar-refractivity contribution in [1.29, 1.82) is 0 Å². The van der Waals surface area contributed by atoms with E-state index in [9.17, 15) is 0 Å². The van der Waals surface area contributed by atoms with Crippen molar-refractivity contribution in [1.82, 2.24) is 14.4 Å². The number of thiophene rings is 1. The molecule has 0 aliphatic heterocycles. The Hall–Kier alpha value is -2.66. The Kier molecular flexibility index (Phi) is 3.12. The summed E-state index contributed by atoms with van der Waals surface area (Å²) >= 11 is 1.68. The summed E-state index contributed by atoms with van der Waals surface area (Å²) in [6, 6.07) is 12.0. The van der Waals surface area contributed by atoms with Gasteiger partial charge in [0.25, 0.3) is 0 Å². The van der Waals surface area contributed by atoms with Crippen molar-refractivity contribution >= 4 is 16.9 Å². The van der Waals surface area contributed by atoms with Crippen molar-refractivity contribution in [2.45, 2.75) is 0 Å². The quantitative estimate of drug-likeness (QED) is 0.571. The van der Waals surface area contributed by atoms with Gasteiger partial charge in [-0.05, 0) is 35.7 Å². The number of nitrogens with zero attached hydrogens (tertiary/aromatic N) is 3. The van der Waals surface area contributed by atoms with Crippen LogP contribution in [0.4, 0.5) is 0 Å². The molecule has 0 amide bonds. The minimum atomic E-state index is 0.836. The smallest absolute Gasteiger partial charge is 0.118 e. The van der Waals surface area contributed by atoms with Crippen LogP contribution in [0.3, 0.4) is 0 Å². The van der Waals surface area contributed by atoms with Crippen LogP contribution >= 0.6 is 11.3 Å². The highest BCUT2D eigenvalue weighted by atomic mass is 32.1. The molecule has 4 aromatic rings. The molecule has 22 heavy (non-hydrogen) atoms. The number of aromatic nitrogens is 3. The first-order valence-electron chi connectivity index (χ1n) is 6.86. The molecule has 0 saturated heterocycles. The molecule has 0 atom stereocenters. The molecule has 0 spiro atoms. The van der Waals surface area contributed by atoms with Crippen molar-refractivity contribution in [2.75, 3.05) is 7.11 Å². The fourth-order valence-corrected chi connectivity index (χ4v) is 3.11. The molecule has 0 N–H and O–H groups in total. The standard InChI is InChI=1S/C17H13N3OS/c1-21-13-6-4-12(5-7-13)17-15-9-18-11-20(15)10-14(19-17)16-3-2-8-22-16/h2-11H,1H3. The zero-order valence-electron chi connectivity index (χ0n) is 11.9. The molecule has 0 aliphatic rings. The monoisotopic (exact) mass is 307 g/mol. The molecule has 0 unspecified atom stereocenters. The maximum Gasteiger partial charge on any atom is 0.118 e. The summed E-state index contributed by atoms with van der Waals surface area (Å²) in [5, 5.41) is 2.06. The van der Waals surface area contributed by atoms with Crippen molar-refractivity contribution < 1.29 is 4.74 Å². The van der Waals surface area contributed by atoms with Crippen LogP contribution in [0.1, 0.15) is 0 Å². The molecular weight excluding hydrogens is 294 g/mol. The second-order valence-electron chi connectivity index (χ2n) is 4.87. The molecule has 3 aromatic heterocycles. The van der Waals surface area contributed by atoms with Crippen LogP contribution in [0, 0.1) is 0 Å². The molecule has 0 aliphatic carbocycles. The number of fused-ring (bicyclic) bond motifs is 1. The van der Waals surface area contributed by atoms with Gasteiger partial charge in [-0.15, -0.1) is 11.3 Å². The van der Waals surface area contributed by atoms with Crippen LogP contribution in [0.15, 0.2) is 60.5 Å². The van der Waals surface area contributed by atoms with E-state index in [0.29, 0.717) is 0 Å². The number of benzene rings is 1. The predicted molar refractivity (Wildman–Crippen MR) is 88.3 cm³/mol. The van der Waals surface area contributed by atoms with E-state index in [2.05, 4.69) is 16.4 Å². The van der Waals surface area contributed by atoms with Crippen LogP contribution in [-0.2, 0) is 0 Å². The zero-order valence-corrected chi connectivity index (χ0v) is 12.7. The van der Waals surface area contributed by atoms with Gasteiger partial charge in [0.15, 0.2) is 0 Å². The Labute approximate surface area is 131 Å². The molecule has 108 valence electrons. The summed E-state index contributed by atoms with van der Waals surface area (Å²) in [6.45, 7) is 0. The third-order valence-electron chi connectivity index (χ3n) is 3.54. The number of hydrogen-bond acceptors (Lipinski definition) is 4. The van der Waals surface area contributed by atoms with Gasteiger partial charge < -0.3 is 9.14 Å². The third-order valence-corrected chi connectivity index (χ3v) is 4.43. The first-order valence-corrected chi connectivity index (χ1v) is 7.74. The molecule has 4 rings (SSSR count). The van der Waals surface area contributed by atoms with Crippen molar-refractivity contribution in [3.05, 3.63) is 60.5 Å². The SMILES string of the molecule is COc1ccc(-c2nc(-c3cccs3)cn3cncc23)cc1. The van der Waals surface area contributed by atoms with E-state index in [4.69, 9.17) is 9.72 Å². The van der Waals surface area contributed by atoms with E-state index in [1.807, 2.05) is 47.1 Å². The summed E-state index contributed by atoms with van der Waals surface area (Å²) in [5.74, 6) is 0.836. The number of imidazole rings is 1. The molecule has 1 aromatic carbocycles. The van der Waals surface area contributed by atoms with Gasteiger partial charge in [-0.25, -0.2) is 9.97 Å². The normalized spacial score (nSPS) is 11.0. The molecule has 0 bridgehead atoms. The molecule has 5 heteroatoms. The second kappa shape index (κ2) is 5.27. The fraction of sp³-hybridized carbons (Fsp3) is 0.0588. The first kappa shape index (κ1) is 13.0. The van der Waals surface area contributed by atoms with Gasteiger partial charge in [-0.1, -0.05) is 6.07 Å². The van der Waals surface area contributed by atoms with Crippen LogP contribution < -0.4 is 4.74 Å². The van der Waals surface area contributed by atoms with Gasteiger partial charge >= 0.3 is 0 Å². The first-order chi connectivity index (χ1) is 10.8. The Morgan fingerprint density at radius 2 is 2.00 bits per heavy atom. The van der Waals surface area contributed by atoms with Crippen LogP contribution in [0.5, 0.6) is 5.75 Å². The largest absolute Gasteiger partial charge is 0.497 e. The summed E-state index contributed by atoms with van der Waals surface area (Å²) in [5.41, 5.74) is 3.91. The lowest BCUT2D eigenvalue weighted by Crippen LogP contribution is -1.94. The van der Waals surface area contributed by atoms with E-state index >= 15 is 0 Å². The van der Waals surface area contributed by atoms with Crippen molar-refractivity contribution in [2.24, 2.45) is 0 Å². The van der Waals surface area contributed by atoms with Gasteiger partial charge in [0.2, 0.25) is 0 Å². The lowest BCUT2D eigenvalue weighted by Gasteiger charge is -2.08. The van der Waals surface area contributed by atoms with Crippen molar-refractivity contribution in [3.8, 4) is 27.6 Å². The van der Waals surface area contributed by atoms with Gasteiger partial charge in [-0.2, -0.15) is 0 Å². The summed E-state index contributed by atoms with van der Waals surface area (Å²) in [7, 11) is 1.67. The Morgan fingerprint density at radius 1 is 1.14 bits per heavy atom. The average molecular weight is 307 g/mol. The Bertz CT molecular complexity index is 911. The highest BCUT2D eigenvalue weighted by Gasteiger charge is 2.11. The lowest BCUT2D eigenvalue weighted by atomic mass is 10.1. The van der Waals surface area contributed by atoms with Gasteiger partial charge in [-0.3, -0.25) is 0 Å². The van der Waals surface area contributed by atoms with E-state index in [0.717, 1.165) is 33.1 Å². The topological polar surface area (TPSA) is 39.4 Å². The molecule has 4 nitrogen and oxygen atoms in total. The van der Waals surface area contributed by atoms with Crippen LogP contribution in [0.25, 0.3) is 27.3 Å². The second-order valence-corrected chi connectivity index (χ2v) is 5.81. The number of methoxy groups -OCH3 is 1. The van der Waals surface area contributed by atoms with E-state index in [-0.39, 0.29) is 0 Å².